The third-order valence-electron chi connectivity index (χ3n) is 5.09. The molecule has 1 aromatic heterocycles. The van der Waals surface area contributed by atoms with Gasteiger partial charge in [-0.2, -0.15) is 0 Å². The van der Waals surface area contributed by atoms with E-state index in [0.29, 0.717) is 12.1 Å². The number of nitrogens with zero attached hydrogens (tertiary/aromatic N) is 3. The normalized spacial score (nSPS) is 26.1. The van der Waals surface area contributed by atoms with Gasteiger partial charge in [0.25, 0.3) is 0 Å². The van der Waals surface area contributed by atoms with E-state index in [-0.39, 0.29) is 0 Å². The monoisotopic (exact) mass is 274 g/mol. The van der Waals surface area contributed by atoms with Crippen LogP contribution in [0.2, 0.25) is 0 Å². The molecule has 20 heavy (non-hydrogen) atoms. The highest BCUT2D eigenvalue weighted by Gasteiger charge is 2.26. The number of fused-ring (bicyclic) bond motifs is 1. The van der Waals surface area contributed by atoms with E-state index in [1.165, 1.54) is 55.6 Å². The third kappa shape index (κ3) is 2.66. The number of aryl methyl sites for hydroxylation is 1. The molecule has 0 saturated heterocycles. The summed E-state index contributed by atoms with van der Waals surface area (Å²) in [6.45, 7) is 0. The van der Waals surface area contributed by atoms with Crippen molar-refractivity contribution in [2.24, 2.45) is 0 Å². The number of anilines is 1. The predicted octanol–water partition coefficient (Wildman–Crippen LogP) is 2.32. The van der Waals surface area contributed by atoms with Gasteiger partial charge in [-0.05, 0) is 58.4 Å². The first-order valence-corrected chi connectivity index (χ1v) is 8.02. The minimum Gasteiger partial charge on any atom is -0.356 e. The molecule has 0 spiro atoms. The van der Waals surface area contributed by atoms with Gasteiger partial charge in [-0.1, -0.05) is 0 Å². The molecular formula is C16H26N4. The Morgan fingerprint density at radius 2 is 1.85 bits per heavy atom. The van der Waals surface area contributed by atoms with Crippen LogP contribution in [0.25, 0.3) is 0 Å². The summed E-state index contributed by atoms with van der Waals surface area (Å²) in [6, 6.07) is 1.35. The van der Waals surface area contributed by atoms with Crippen LogP contribution in [0, 0.1) is 0 Å². The van der Waals surface area contributed by atoms with Crippen molar-refractivity contribution in [1.29, 1.82) is 0 Å². The first-order chi connectivity index (χ1) is 9.79. The molecule has 1 aromatic rings. The van der Waals surface area contributed by atoms with Crippen LogP contribution in [0.3, 0.4) is 0 Å². The van der Waals surface area contributed by atoms with Gasteiger partial charge in [-0.3, -0.25) is 0 Å². The maximum absolute atomic E-state index is 4.61. The zero-order chi connectivity index (χ0) is 13.9. The highest BCUT2D eigenvalue weighted by Crippen LogP contribution is 2.31. The van der Waals surface area contributed by atoms with Crippen molar-refractivity contribution in [3.05, 3.63) is 17.6 Å². The molecule has 1 N–H and O–H groups in total. The number of aromatic nitrogens is 2. The number of hydrogen-bond acceptors (Lipinski definition) is 4. The largest absolute Gasteiger partial charge is 0.356 e. The van der Waals surface area contributed by atoms with E-state index in [4.69, 9.17) is 0 Å². The van der Waals surface area contributed by atoms with Gasteiger partial charge < -0.3 is 10.2 Å². The van der Waals surface area contributed by atoms with Gasteiger partial charge in [0, 0.05) is 30.4 Å². The fourth-order valence-corrected chi connectivity index (χ4v) is 3.73. The summed E-state index contributed by atoms with van der Waals surface area (Å²) in [4.78, 5) is 11.5. The molecule has 0 amide bonds. The minimum absolute atomic E-state index is 0.639. The van der Waals surface area contributed by atoms with Crippen molar-refractivity contribution >= 4 is 5.82 Å². The Morgan fingerprint density at radius 1 is 1.10 bits per heavy atom. The molecule has 0 atom stereocenters. The lowest BCUT2D eigenvalue weighted by Crippen LogP contribution is -2.40. The van der Waals surface area contributed by atoms with Crippen LogP contribution in [0.15, 0.2) is 6.33 Å². The Labute approximate surface area is 122 Å². The molecule has 1 heterocycles. The smallest absolute Gasteiger partial charge is 0.135 e. The fraction of sp³-hybridized carbons (Fsp3) is 0.750. The lowest BCUT2D eigenvalue weighted by atomic mass is 9.89. The maximum Gasteiger partial charge on any atom is 0.135 e. The summed E-state index contributed by atoms with van der Waals surface area (Å²) in [5.74, 6) is 1.20. The number of nitrogens with one attached hydrogen (secondary N) is 1. The first-order valence-electron chi connectivity index (χ1n) is 8.02. The molecule has 1 fully saturated rings. The molecule has 4 heteroatoms. The Kier molecular flexibility index (Phi) is 4.20. The van der Waals surface area contributed by atoms with Crippen LogP contribution in [-0.4, -0.2) is 36.1 Å². The molecule has 1 saturated carbocycles. The zero-order valence-electron chi connectivity index (χ0n) is 12.7. The molecule has 2 aliphatic carbocycles. The molecular weight excluding hydrogens is 248 g/mol. The van der Waals surface area contributed by atoms with Crippen LogP contribution >= 0.6 is 0 Å². The highest BCUT2D eigenvalue weighted by atomic mass is 15.2. The van der Waals surface area contributed by atoms with E-state index < -0.39 is 0 Å². The lowest BCUT2D eigenvalue weighted by Gasteiger charge is -2.36. The van der Waals surface area contributed by atoms with Gasteiger partial charge in [0.2, 0.25) is 0 Å². The number of hydrogen-bond donors (Lipinski definition) is 1. The molecule has 0 aliphatic heterocycles. The first kappa shape index (κ1) is 13.8. The van der Waals surface area contributed by atoms with Crippen molar-refractivity contribution in [1.82, 2.24) is 15.3 Å². The van der Waals surface area contributed by atoms with Crippen LogP contribution < -0.4 is 10.2 Å². The zero-order valence-corrected chi connectivity index (χ0v) is 12.7. The predicted molar refractivity (Wildman–Crippen MR) is 82.2 cm³/mol. The van der Waals surface area contributed by atoms with E-state index in [1.54, 1.807) is 6.33 Å². The van der Waals surface area contributed by atoms with Gasteiger partial charge in [0.05, 0.1) is 0 Å². The second kappa shape index (κ2) is 6.08. The third-order valence-corrected chi connectivity index (χ3v) is 5.09. The van der Waals surface area contributed by atoms with E-state index in [0.717, 1.165) is 12.8 Å². The molecule has 110 valence electrons. The summed E-state index contributed by atoms with van der Waals surface area (Å²) in [5.41, 5.74) is 2.70. The topological polar surface area (TPSA) is 41.0 Å². The van der Waals surface area contributed by atoms with E-state index in [2.05, 4.69) is 34.3 Å². The second-order valence-corrected chi connectivity index (χ2v) is 6.23. The van der Waals surface area contributed by atoms with Crippen LogP contribution in [0.5, 0.6) is 0 Å². The van der Waals surface area contributed by atoms with Crippen molar-refractivity contribution in [2.75, 3.05) is 19.0 Å². The minimum atomic E-state index is 0.639. The van der Waals surface area contributed by atoms with E-state index in [9.17, 15) is 0 Å². The van der Waals surface area contributed by atoms with E-state index >= 15 is 0 Å². The van der Waals surface area contributed by atoms with Gasteiger partial charge in [0.15, 0.2) is 0 Å². The Morgan fingerprint density at radius 3 is 2.60 bits per heavy atom. The Balaban J connectivity index is 1.76. The molecule has 0 radical (unpaired) electrons. The van der Waals surface area contributed by atoms with Gasteiger partial charge in [0.1, 0.15) is 12.1 Å². The van der Waals surface area contributed by atoms with Crippen LogP contribution in [-0.2, 0) is 12.8 Å². The Hall–Kier alpha value is -1.16. The van der Waals surface area contributed by atoms with Crippen molar-refractivity contribution in [3.63, 3.8) is 0 Å². The van der Waals surface area contributed by atoms with Gasteiger partial charge in [-0.25, -0.2) is 9.97 Å². The summed E-state index contributed by atoms with van der Waals surface area (Å²) in [6.07, 6.45) is 11.7. The molecule has 0 unspecified atom stereocenters. The van der Waals surface area contributed by atoms with Crippen molar-refractivity contribution < 1.29 is 0 Å². The van der Waals surface area contributed by atoms with Crippen molar-refractivity contribution in [2.45, 2.75) is 63.5 Å². The molecule has 2 aliphatic rings. The lowest BCUT2D eigenvalue weighted by molar-refractivity contribution is 0.350. The average molecular weight is 274 g/mol. The quantitative estimate of drug-likeness (QED) is 0.918. The molecule has 0 aromatic carbocycles. The summed E-state index contributed by atoms with van der Waals surface area (Å²) in [7, 11) is 4.30. The van der Waals surface area contributed by atoms with Gasteiger partial charge in [-0.15, -0.1) is 0 Å². The summed E-state index contributed by atoms with van der Waals surface area (Å²) >= 11 is 0. The highest BCUT2D eigenvalue weighted by molar-refractivity contribution is 5.49. The standard InChI is InChI=1S/C16H26N4/c1-17-12-7-9-13(10-8-12)20(2)16-14-5-3-4-6-15(14)18-11-19-16/h11-13,17H,3-10H2,1-2H3. The average Bonchev–Trinajstić information content (AvgIpc) is 2.54. The number of rotatable bonds is 3. The summed E-state index contributed by atoms with van der Waals surface area (Å²) in [5, 5.41) is 3.41. The van der Waals surface area contributed by atoms with Crippen LogP contribution in [0.4, 0.5) is 5.82 Å². The molecule has 3 rings (SSSR count). The van der Waals surface area contributed by atoms with Crippen LogP contribution in [0.1, 0.15) is 49.8 Å². The fourth-order valence-electron chi connectivity index (χ4n) is 3.73. The van der Waals surface area contributed by atoms with Gasteiger partial charge >= 0.3 is 0 Å². The Bertz CT molecular complexity index is 452. The molecule has 4 nitrogen and oxygen atoms in total. The maximum atomic E-state index is 4.61. The SMILES string of the molecule is CNC1CCC(N(C)c2ncnc3c2CCCC3)CC1. The molecule has 0 bridgehead atoms. The van der Waals surface area contributed by atoms with E-state index in [1.807, 2.05) is 0 Å². The summed E-state index contributed by atoms with van der Waals surface area (Å²) < 4.78 is 0. The second-order valence-electron chi connectivity index (χ2n) is 6.23. The van der Waals surface area contributed by atoms with Crippen molar-refractivity contribution in [3.8, 4) is 0 Å².